The highest BCUT2D eigenvalue weighted by Crippen LogP contribution is 2.30. The number of hydrogen-bond acceptors (Lipinski definition) is 4. The Kier molecular flexibility index (Phi) is 5.60. The monoisotopic (exact) mass is 498 g/mol. The van der Waals surface area contributed by atoms with Crippen LogP contribution in [0.5, 0.6) is 0 Å². The minimum Gasteiger partial charge on any atom is -0.267 e. The summed E-state index contributed by atoms with van der Waals surface area (Å²) in [5.41, 5.74) is 2.21. The highest BCUT2D eigenvalue weighted by molar-refractivity contribution is 9.10. The van der Waals surface area contributed by atoms with Crippen LogP contribution in [0.4, 0.5) is 4.39 Å². The van der Waals surface area contributed by atoms with Crippen molar-refractivity contribution in [1.82, 2.24) is 9.78 Å². The summed E-state index contributed by atoms with van der Waals surface area (Å²) in [6, 6.07) is 19.0. The molecule has 8 heteroatoms. The molecule has 5 nitrogen and oxygen atoms in total. The number of aromatic nitrogens is 2. The first-order valence-electron chi connectivity index (χ1n) is 9.19. The molecule has 31 heavy (non-hydrogen) atoms. The lowest BCUT2D eigenvalue weighted by molar-refractivity contribution is 0.602. The van der Waals surface area contributed by atoms with Crippen molar-refractivity contribution < 1.29 is 12.8 Å². The predicted octanol–water partition coefficient (Wildman–Crippen LogP) is 4.87. The number of sulfone groups is 1. The minimum absolute atomic E-state index is 0.177. The van der Waals surface area contributed by atoms with Crippen molar-refractivity contribution in [2.75, 3.05) is 6.26 Å². The van der Waals surface area contributed by atoms with Gasteiger partial charge in [-0.2, -0.15) is 9.78 Å². The molecule has 0 amide bonds. The zero-order chi connectivity index (χ0) is 22.2. The smallest absolute Gasteiger partial charge is 0.267 e. The Balaban J connectivity index is 1.95. The average Bonchev–Trinajstić information content (AvgIpc) is 2.75. The number of halogens is 2. The van der Waals surface area contributed by atoms with Gasteiger partial charge in [-0.25, -0.2) is 12.8 Å². The molecule has 4 aromatic rings. The highest BCUT2D eigenvalue weighted by atomic mass is 79.9. The first-order chi connectivity index (χ1) is 14.7. The molecular weight excluding hydrogens is 483 g/mol. The van der Waals surface area contributed by atoms with Crippen molar-refractivity contribution in [3.8, 4) is 27.9 Å². The topological polar surface area (TPSA) is 69.0 Å². The fraction of sp³-hybridized carbons (Fsp3) is 0.0435. The molecule has 3 aromatic carbocycles. The standard InChI is InChI=1S/C23H16BrFN2O3S/c1-31(29,30)20-12-4-15(5-13-20)21-14-26-27(19-10-6-17(24)7-11-19)23(28)22(21)16-2-8-18(25)9-3-16/h2-14H,1H3. The Morgan fingerprint density at radius 2 is 1.45 bits per heavy atom. The van der Waals surface area contributed by atoms with Crippen LogP contribution in [0, 0.1) is 5.82 Å². The van der Waals surface area contributed by atoms with Gasteiger partial charge in [0.1, 0.15) is 5.82 Å². The molecule has 0 bridgehead atoms. The van der Waals surface area contributed by atoms with Crippen molar-refractivity contribution in [3.63, 3.8) is 0 Å². The summed E-state index contributed by atoms with van der Waals surface area (Å²) in [5.74, 6) is -0.412. The van der Waals surface area contributed by atoms with Crippen molar-refractivity contribution >= 4 is 25.8 Å². The van der Waals surface area contributed by atoms with Gasteiger partial charge in [0.25, 0.3) is 5.56 Å². The van der Waals surface area contributed by atoms with E-state index in [1.54, 1.807) is 42.6 Å². The molecule has 0 aliphatic rings. The zero-order valence-electron chi connectivity index (χ0n) is 16.3. The zero-order valence-corrected chi connectivity index (χ0v) is 18.7. The minimum atomic E-state index is -3.35. The van der Waals surface area contributed by atoms with E-state index < -0.39 is 15.7 Å². The second-order valence-corrected chi connectivity index (χ2v) is 9.86. The van der Waals surface area contributed by atoms with Gasteiger partial charge >= 0.3 is 0 Å². The summed E-state index contributed by atoms with van der Waals surface area (Å²) >= 11 is 3.37. The van der Waals surface area contributed by atoms with E-state index in [1.807, 2.05) is 0 Å². The maximum absolute atomic E-state index is 13.5. The van der Waals surface area contributed by atoms with Gasteiger partial charge in [0, 0.05) is 16.3 Å². The normalized spacial score (nSPS) is 11.5. The maximum Gasteiger partial charge on any atom is 0.279 e. The number of rotatable bonds is 4. The summed E-state index contributed by atoms with van der Waals surface area (Å²) in [5, 5.41) is 4.33. The largest absolute Gasteiger partial charge is 0.279 e. The second kappa shape index (κ2) is 8.20. The molecule has 0 N–H and O–H groups in total. The van der Waals surface area contributed by atoms with E-state index in [9.17, 15) is 17.6 Å². The number of hydrogen-bond donors (Lipinski definition) is 0. The van der Waals surface area contributed by atoms with Gasteiger partial charge in [-0.3, -0.25) is 4.79 Å². The molecule has 0 unspecified atom stereocenters. The fourth-order valence-corrected chi connectivity index (χ4v) is 4.11. The van der Waals surface area contributed by atoms with Crippen LogP contribution in [-0.2, 0) is 9.84 Å². The van der Waals surface area contributed by atoms with Crippen molar-refractivity contribution in [2.24, 2.45) is 0 Å². The van der Waals surface area contributed by atoms with E-state index in [2.05, 4.69) is 21.0 Å². The van der Waals surface area contributed by atoms with Crippen molar-refractivity contribution in [3.05, 3.63) is 99.6 Å². The van der Waals surface area contributed by atoms with Gasteiger partial charge < -0.3 is 0 Å². The molecule has 0 radical (unpaired) electrons. The van der Waals surface area contributed by atoms with Gasteiger partial charge in [-0.15, -0.1) is 0 Å². The summed E-state index contributed by atoms with van der Waals surface area (Å²) in [6.07, 6.45) is 2.69. The van der Waals surface area contributed by atoms with E-state index in [0.717, 1.165) is 10.7 Å². The number of nitrogens with zero attached hydrogens (tertiary/aromatic N) is 2. The van der Waals surface area contributed by atoms with Gasteiger partial charge in [-0.05, 0) is 59.7 Å². The molecule has 0 aliphatic heterocycles. The summed E-state index contributed by atoms with van der Waals surface area (Å²) < 4.78 is 39.2. The van der Waals surface area contributed by atoms with Crippen LogP contribution in [0.2, 0.25) is 0 Å². The Morgan fingerprint density at radius 1 is 0.871 bits per heavy atom. The van der Waals surface area contributed by atoms with E-state index in [-0.39, 0.29) is 10.5 Å². The maximum atomic E-state index is 13.5. The first-order valence-corrected chi connectivity index (χ1v) is 11.9. The Labute approximate surface area is 186 Å². The highest BCUT2D eigenvalue weighted by Gasteiger charge is 2.17. The Hall–Kier alpha value is -3.10. The van der Waals surface area contributed by atoms with E-state index in [4.69, 9.17) is 0 Å². The molecule has 1 heterocycles. The molecule has 1 aromatic heterocycles. The van der Waals surface area contributed by atoms with Crippen LogP contribution in [0.25, 0.3) is 27.9 Å². The van der Waals surface area contributed by atoms with E-state index in [1.165, 1.54) is 41.1 Å². The van der Waals surface area contributed by atoms with Crippen molar-refractivity contribution in [1.29, 1.82) is 0 Å². The summed E-state index contributed by atoms with van der Waals surface area (Å²) in [4.78, 5) is 13.6. The quantitative estimate of drug-likeness (QED) is 0.402. The molecule has 0 spiro atoms. The van der Waals surface area contributed by atoms with Gasteiger partial charge in [-0.1, -0.05) is 40.2 Å². The fourth-order valence-electron chi connectivity index (χ4n) is 3.22. The average molecular weight is 499 g/mol. The number of benzene rings is 3. The van der Waals surface area contributed by atoms with E-state index >= 15 is 0 Å². The molecular formula is C23H16BrFN2O3S. The van der Waals surface area contributed by atoms with Crippen LogP contribution >= 0.6 is 15.9 Å². The van der Waals surface area contributed by atoms with Gasteiger partial charge in [0.05, 0.1) is 22.3 Å². The third-order valence-corrected chi connectivity index (χ3v) is 6.43. The third-order valence-electron chi connectivity index (χ3n) is 4.78. The summed E-state index contributed by atoms with van der Waals surface area (Å²) in [6.45, 7) is 0. The van der Waals surface area contributed by atoms with Crippen molar-refractivity contribution in [2.45, 2.75) is 4.90 Å². The van der Waals surface area contributed by atoms with Crippen LogP contribution in [0.1, 0.15) is 0 Å². The van der Waals surface area contributed by atoms with Gasteiger partial charge in [0.15, 0.2) is 9.84 Å². The Bertz CT molecular complexity index is 1410. The third kappa shape index (κ3) is 4.35. The molecule has 4 rings (SSSR count). The van der Waals surface area contributed by atoms with Crippen LogP contribution < -0.4 is 5.56 Å². The lowest BCUT2D eigenvalue weighted by Crippen LogP contribution is -2.23. The Morgan fingerprint density at radius 3 is 2.03 bits per heavy atom. The molecule has 0 saturated carbocycles. The van der Waals surface area contributed by atoms with Crippen LogP contribution in [-0.4, -0.2) is 24.5 Å². The van der Waals surface area contributed by atoms with Gasteiger partial charge in [0.2, 0.25) is 0 Å². The predicted molar refractivity (Wildman–Crippen MR) is 121 cm³/mol. The molecule has 0 saturated heterocycles. The van der Waals surface area contributed by atoms with E-state index in [0.29, 0.717) is 27.9 Å². The SMILES string of the molecule is CS(=O)(=O)c1ccc(-c2cnn(-c3ccc(Br)cc3)c(=O)c2-c2ccc(F)cc2)cc1. The molecule has 0 fully saturated rings. The lowest BCUT2D eigenvalue weighted by atomic mass is 9.97. The second-order valence-electron chi connectivity index (χ2n) is 6.93. The summed E-state index contributed by atoms with van der Waals surface area (Å²) in [7, 11) is -3.35. The van der Waals surface area contributed by atoms with Crippen LogP contribution in [0.3, 0.4) is 0 Å². The molecule has 156 valence electrons. The lowest BCUT2D eigenvalue weighted by Gasteiger charge is -2.13. The van der Waals surface area contributed by atoms with Crippen LogP contribution in [0.15, 0.2) is 93.2 Å². The first kappa shape index (κ1) is 21.1. The molecule has 0 atom stereocenters. The molecule has 0 aliphatic carbocycles.